The standard InChI is InChI=1S/H3O4P.H2O.Pb/c1-5(2,3)4;;/h(H3,1,2,3,4);1H2;/p-3. The van der Waals surface area contributed by atoms with Crippen molar-refractivity contribution in [1.29, 1.82) is 0 Å². The Balaban J connectivity index is -0.0000000800. The number of hydrogen-bond acceptors (Lipinski definition) is 4. The van der Waals surface area contributed by atoms with Crippen LogP contribution in [0.25, 0.3) is 0 Å². The van der Waals surface area contributed by atoms with E-state index in [9.17, 15) is 0 Å². The van der Waals surface area contributed by atoms with Crippen molar-refractivity contribution in [2.75, 3.05) is 0 Å². The zero-order valence-corrected chi connectivity index (χ0v) is 7.86. The molecule has 0 fully saturated rings. The van der Waals surface area contributed by atoms with Crippen molar-refractivity contribution in [3.63, 3.8) is 0 Å². The molecule has 44 valence electrons. The van der Waals surface area contributed by atoms with Gasteiger partial charge in [-0.25, -0.2) is 0 Å². The van der Waals surface area contributed by atoms with E-state index in [-0.39, 0.29) is 32.8 Å². The van der Waals surface area contributed by atoms with Crippen molar-refractivity contribution in [3.05, 3.63) is 0 Å². The van der Waals surface area contributed by atoms with Gasteiger partial charge < -0.3 is 24.7 Å². The normalized spacial score (nSPS) is 8.43. The van der Waals surface area contributed by atoms with E-state index in [0.29, 0.717) is 0 Å². The summed E-state index contributed by atoms with van der Waals surface area (Å²) in [6.07, 6.45) is 0. The van der Waals surface area contributed by atoms with E-state index in [1.807, 2.05) is 0 Å². The first kappa shape index (κ1) is 15.7. The van der Waals surface area contributed by atoms with Gasteiger partial charge in [0.2, 0.25) is 0 Å². The van der Waals surface area contributed by atoms with Gasteiger partial charge in [0.1, 0.15) is 0 Å². The van der Waals surface area contributed by atoms with E-state index < -0.39 is 7.82 Å². The molecule has 5 nitrogen and oxygen atoms in total. The molecule has 4 radical (unpaired) electrons. The fourth-order valence-electron chi connectivity index (χ4n) is 0. The van der Waals surface area contributed by atoms with Crippen LogP contribution in [0.3, 0.4) is 0 Å². The van der Waals surface area contributed by atoms with Crippen molar-refractivity contribution < 1.29 is 24.7 Å². The molecule has 0 aliphatic rings. The summed E-state index contributed by atoms with van der Waals surface area (Å²) in [6, 6.07) is 0. The smallest absolute Gasteiger partial charge is 0 e. The van der Waals surface area contributed by atoms with Gasteiger partial charge in [-0.05, 0) is 0 Å². The van der Waals surface area contributed by atoms with E-state index >= 15 is 0 Å². The first-order valence-electron chi connectivity index (χ1n) is 0.730. The third kappa shape index (κ3) is 177. The van der Waals surface area contributed by atoms with Gasteiger partial charge in [0.15, 0.2) is 0 Å². The molecule has 0 rings (SSSR count). The molecule has 0 atom stereocenters. The molecule has 0 aromatic carbocycles. The van der Waals surface area contributed by atoms with Gasteiger partial charge in [-0.3, -0.25) is 0 Å². The minimum Gasteiger partial charge on any atom is -0.822 e. The molecule has 7 heteroatoms. The summed E-state index contributed by atoms with van der Waals surface area (Å²) < 4.78 is 8.55. The Labute approximate surface area is 60.1 Å². The maximum Gasteiger partial charge on any atom is 0 e. The van der Waals surface area contributed by atoms with Crippen LogP contribution in [0.15, 0.2) is 0 Å². The van der Waals surface area contributed by atoms with Gasteiger partial charge in [-0.2, -0.15) is 7.82 Å². The van der Waals surface area contributed by atoms with Crippen molar-refractivity contribution in [1.82, 2.24) is 0 Å². The van der Waals surface area contributed by atoms with Crippen LogP contribution in [0.1, 0.15) is 0 Å². The zero-order chi connectivity index (χ0) is 4.50. The number of hydrogen-bond donors (Lipinski definition) is 0. The average Bonchev–Trinajstić information content (AvgIpc) is 0.722. The predicted octanol–water partition coefficient (Wildman–Crippen LogP) is -4.03. The van der Waals surface area contributed by atoms with Gasteiger partial charge in [-0.15, -0.1) is 0 Å². The van der Waals surface area contributed by atoms with E-state index in [1.165, 1.54) is 0 Å². The van der Waals surface area contributed by atoms with Crippen LogP contribution in [0.2, 0.25) is 0 Å². The van der Waals surface area contributed by atoms with Crippen molar-refractivity contribution in [2.24, 2.45) is 0 Å². The van der Waals surface area contributed by atoms with E-state index in [4.69, 9.17) is 19.2 Å². The summed E-state index contributed by atoms with van der Waals surface area (Å²) in [5, 5.41) is 0. The summed E-state index contributed by atoms with van der Waals surface area (Å²) in [5.41, 5.74) is 0. The molecule has 2 N–H and O–H groups in total. The van der Waals surface area contributed by atoms with Gasteiger partial charge >= 0.3 is 0 Å². The topological polar surface area (TPSA) is 118 Å². The van der Waals surface area contributed by atoms with Crippen molar-refractivity contribution in [2.45, 2.75) is 0 Å². The Morgan fingerprint density at radius 3 is 1.14 bits per heavy atom. The number of phosphoric acid groups is 1. The van der Waals surface area contributed by atoms with Crippen LogP contribution in [-0.4, -0.2) is 32.8 Å². The Hall–Kier alpha value is 0.992. The zero-order valence-electron chi connectivity index (χ0n) is 3.08. The minimum absolute atomic E-state index is 0. The van der Waals surface area contributed by atoms with Crippen LogP contribution in [0, 0.1) is 0 Å². The molecule has 0 aliphatic heterocycles. The maximum absolute atomic E-state index is 8.55. The molecule has 0 aliphatic carbocycles. The maximum atomic E-state index is 8.55. The molecule has 0 aromatic heterocycles. The van der Waals surface area contributed by atoms with E-state index in [0.717, 1.165) is 0 Å². The molecule has 0 amide bonds. The second-order valence-corrected chi connectivity index (χ2v) is 1.34. The molecule has 0 bridgehead atoms. The van der Waals surface area contributed by atoms with Crippen LogP contribution < -0.4 is 14.7 Å². The van der Waals surface area contributed by atoms with Gasteiger partial charge in [-0.1, -0.05) is 0 Å². The molecule has 0 spiro atoms. The van der Waals surface area contributed by atoms with Gasteiger partial charge in [0, 0.05) is 27.3 Å². The van der Waals surface area contributed by atoms with Crippen LogP contribution in [0.4, 0.5) is 0 Å². The van der Waals surface area contributed by atoms with Crippen LogP contribution in [0.5, 0.6) is 0 Å². The van der Waals surface area contributed by atoms with E-state index in [2.05, 4.69) is 0 Å². The second kappa shape index (κ2) is 5.14. The van der Waals surface area contributed by atoms with Gasteiger partial charge in [0.05, 0.1) is 0 Å². The minimum atomic E-state index is -5.39. The molecular weight excluding hydrogens is 318 g/mol. The first-order valence-corrected chi connectivity index (χ1v) is 2.19. The monoisotopic (exact) mass is 321 g/mol. The quantitative estimate of drug-likeness (QED) is 0.333. The number of rotatable bonds is 0. The Morgan fingerprint density at radius 1 is 1.14 bits per heavy atom. The summed E-state index contributed by atoms with van der Waals surface area (Å²) >= 11 is 0. The predicted molar refractivity (Wildman–Crippen MR) is 17.0 cm³/mol. The third-order valence-electron chi connectivity index (χ3n) is 0. The molecule has 0 saturated heterocycles. The largest absolute Gasteiger partial charge is 0.822 e. The van der Waals surface area contributed by atoms with Gasteiger partial charge in [0.25, 0.3) is 0 Å². The van der Waals surface area contributed by atoms with Crippen LogP contribution >= 0.6 is 7.82 Å². The molecule has 0 unspecified atom stereocenters. The SMILES string of the molecule is O.O=P([O-])([O-])[O-].[Pb]. The van der Waals surface area contributed by atoms with E-state index in [1.54, 1.807) is 0 Å². The fraction of sp³-hybridized carbons (Fsp3) is 0. The molecule has 0 heterocycles. The third-order valence-corrected chi connectivity index (χ3v) is 0. The summed E-state index contributed by atoms with van der Waals surface area (Å²) in [6.45, 7) is 0. The Morgan fingerprint density at radius 2 is 1.14 bits per heavy atom. The average molecular weight is 320 g/mol. The first-order chi connectivity index (χ1) is 2.00. The molecule has 0 saturated carbocycles. The summed E-state index contributed by atoms with van der Waals surface area (Å²) in [7, 11) is -5.39. The Bertz CT molecular complexity index is 54.2. The molecule has 7 heavy (non-hydrogen) atoms. The van der Waals surface area contributed by atoms with Crippen molar-refractivity contribution >= 4 is 35.1 Å². The van der Waals surface area contributed by atoms with Crippen molar-refractivity contribution in [3.8, 4) is 0 Å². The fourth-order valence-corrected chi connectivity index (χ4v) is 0. The second-order valence-electron chi connectivity index (χ2n) is 0.447. The molecular formula is H2O5PPb-3. The summed E-state index contributed by atoms with van der Waals surface area (Å²) in [4.78, 5) is 25.6. The summed E-state index contributed by atoms with van der Waals surface area (Å²) in [5.74, 6) is 0. The Kier molecular flexibility index (Phi) is 11.5. The van der Waals surface area contributed by atoms with Crippen LogP contribution in [-0.2, 0) is 4.57 Å². The molecule has 0 aromatic rings.